The summed E-state index contributed by atoms with van der Waals surface area (Å²) in [6.45, 7) is 4.48. The molecule has 0 aromatic carbocycles. The maximum absolute atomic E-state index is 11.7. The molecule has 7 heteroatoms. The quantitative estimate of drug-likeness (QED) is 0.886. The van der Waals surface area contributed by atoms with Gasteiger partial charge in [-0.05, 0) is 19.8 Å². The minimum atomic E-state index is 0.0426. The lowest BCUT2D eigenvalue weighted by Gasteiger charge is -2.02. The van der Waals surface area contributed by atoms with Crippen LogP contribution in [0.15, 0.2) is 5.51 Å². The highest BCUT2D eigenvalue weighted by Crippen LogP contribution is 2.14. The minimum absolute atomic E-state index is 0.0426. The third kappa shape index (κ3) is 4.07. The van der Waals surface area contributed by atoms with Crippen LogP contribution in [-0.4, -0.2) is 21.1 Å². The number of hydrogen-bond acceptors (Lipinski definition) is 6. The van der Waals surface area contributed by atoms with Gasteiger partial charge in [0.1, 0.15) is 10.0 Å². The first-order valence-corrected chi connectivity index (χ1v) is 7.85. The Balaban J connectivity index is 1.74. The topological polar surface area (TPSA) is 67.8 Å². The van der Waals surface area contributed by atoms with Gasteiger partial charge in [-0.25, -0.2) is 4.98 Å². The highest BCUT2D eigenvalue weighted by atomic mass is 32.1. The van der Waals surface area contributed by atoms with Crippen LogP contribution < -0.4 is 5.32 Å². The van der Waals surface area contributed by atoms with Crippen molar-refractivity contribution in [3.63, 3.8) is 0 Å². The Hall–Kier alpha value is -1.34. The first-order chi connectivity index (χ1) is 9.19. The Labute approximate surface area is 120 Å². The highest BCUT2D eigenvalue weighted by Gasteiger charge is 2.08. The smallest absolute Gasteiger partial charge is 0.220 e. The Morgan fingerprint density at radius 3 is 2.79 bits per heavy atom. The van der Waals surface area contributed by atoms with Crippen molar-refractivity contribution in [2.24, 2.45) is 0 Å². The zero-order valence-electron chi connectivity index (χ0n) is 11.0. The summed E-state index contributed by atoms with van der Waals surface area (Å²) in [5, 5.41) is 12.8. The molecule has 0 saturated carbocycles. The van der Waals surface area contributed by atoms with E-state index in [1.54, 1.807) is 22.7 Å². The monoisotopic (exact) mass is 296 g/mol. The molecule has 0 aliphatic rings. The van der Waals surface area contributed by atoms with Crippen molar-refractivity contribution in [2.45, 2.75) is 39.7 Å². The maximum atomic E-state index is 11.7. The van der Waals surface area contributed by atoms with Gasteiger partial charge in [-0.2, -0.15) is 0 Å². The fraction of sp³-hybridized carbons (Fsp3) is 0.500. The number of aromatic nitrogens is 3. The molecule has 0 atom stereocenters. The standard InChI is InChI=1S/C12H16N4OS2/c1-3-11-15-16-12(19-11)6-13-10(17)5-4-9-8(2)14-7-18-9/h7H,3-6H2,1-2H3,(H,13,17). The Bertz CT molecular complexity index is 549. The van der Waals surface area contributed by atoms with E-state index in [1.807, 2.05) is 19.4 Å². The number of amides is 1. The molecule has 0 fully saturated rings. The van der Waals surface area contributed by atoms with Gasteiger partial charge in [0.2, 0.25) is 5.91 Å². The molecule has 0 aliphatic carbocycles. The molecule has 2 heterocycles. The Morgan fingerprint density at radius 1 is 1.37 bits per heavy atom. The number of hydrogen-bond donors (Lipinski definition) is 1. The van der Waals surface area contributed by atoms with Crippen molar-refractivity contribution in [3.05, 3.63) is 26.1 Å². The highest BCUT2D eigenvalue weighted by molar-refractivity contribution is 7.11. The number of aryl methyl sites for hydroxylation is 3. The molecule has 1 N–H and O–H groups in total. The predicted octanol–water partition coefficient (Wildman–Crippen LogP) is 2.11. The zero-order valence-corrected chi connectivity index (χ0v) is 12.6. The molecule has 5 nitrogen and oxygen atoms in total. The fourth-order valence-electron chi connectivity index (χ4n) is 1.56. The maximum Gasteiger partial charge on any atom is 0.220 e. The van der Waals surface area contributed by atoms with E-state index in [0.29, 0.717) is 13.0 Å². The van der Waals surface area contributed by atoms with Gasteiger partial charge in [0.05, 0.1) is 17.7 Å². The van der Waals surface area contributed by atoms with Crippen LogP contribution in [0.5, 0.6) is 0 Å². The number of nitrogens with zero attached hydrogens (tertiary/aromatic N) is 3. The third-order valence-electron chi connectivity index (χ3n) is 2.67. The first kappa shape index (κ1) is 14.1. The molecular formula is C12H16N4OS2. The SMILES string of the molecule is CCc1nnc(CNC(=O)CCc2scnc2C)s1. The van der Waals surface area contributed by atoms with Crippen molar-refractivity contribution in [2.75, 3.05) is 0 Å². The molecule has 0 spiro atoms. The van der Waals surface area contributed by atoms with E-state index in [1.165, 1.54) is 4.88 Å². The summed E-state index contributed by atoms with van der Waals surface area (Å²) in [6, 6.07) is 0. The summed E-state index contributed by atoms with van der Waals surface area (Å²) < 4.78 is 0. The Morgan fingerprint density at radius 2 is 2.16 bits per heavy atom. The lowest BCUT2D eigenvalue weighted by Crippen LogP contribution is -2.22. The number of carbonyl (C=O) groups excluding carboxylic acids is 1. The van der Waals surface area contributed by atoms with Crippen molar-refractivity contribution < 1.29 is 4.79 Å². The van der Waals surface area contributed by atoms with Crippen molar-refractivity contribution >= 4 is 28.6 Å². The van der Waals surface area contributed by atoms with Crippen molar-refractivity contribution in [1.82, 2.24) is 20.5 Å². The molecule has 2 aromatic heterocycles. The summed E-state index contributed by atoms with van der Waals surface area (Å²) in [6.07, 6.45) is 2.12. The predicted molar refractivity (Wildman–Crippen MR) is 76.3 cm³/mol. The lowest BCUT2D eigenvalue weighted by molar-refractivity contribution is -0.121. The summed E-state index contributed by atoms with van der Waals surface area (Å²) in [5.74, 6) is 0.0426. The molecule has 2 aromatic rings. The van der Waals surface area contributed by atoms with Crippen LogP contribution in [0.4, 0.5) is 0 Å². The van der Waals surface area contributed by atoms with Crippen LogP contribution in [0.1, 0.15) is 33.9 Å². The summed E-state index contributed by atoms with van der Waals surface area (Å²) in [7, 11) is 0. The summed E-state index contributed by atoms with van der Waals surface area (Å²) in [5.41, 5.74) is 2.84. The van der Waals surface area contributed by atoms with E-state index in [-0.39, 0.29) is 5.91 Å². The second-order valence-corrected chi connectivity index (χ2v) is 6.17. The molecule has 0 bridgehead atoms. The van der Waals surface area contributed by atoms with Gasteiger partial charge in [0, 0.05) is 11.3 Å². The fourth-order valence-corrected chi connectivity index (χ4v) is 3.06. The molecule has 102 valence electrons. The second-order valence-electron chi connectivity index (χ2n) is 4.08. The second kappa shape index (κ2) is 6.72. The molecule has 0 aliphatic heterocycles. The van der Waals surface area contributed by atoms with E-state index < -0.39 is 0 Å². The van der Waals surface area contributed by atoms with Gasteiger partial charge < -0.3 is 5.32 Å². The average Bonchev–Trinajstić information content (AvgIpc) is 3.02. The summed E-state index contributed by atoms with van der Waals surface area (Å²) >= 11 is 3.15. The van der Waals surface area contributed by atoms with Crippen molar-refractivity contribution in [1.29, 1.82) is 0 Å². The lowest BCUT2D eigenvalue weighted by atomic mass is 10.2. The van der Waals surface area contributed by atoms with E-state index in [4.69, 9.17) is 0 Å². The van der Waals surface area contributed by atoms with Gasteiger partial charge >= 0.3 is 0 Å². The van der Waals surface area contributed by atoms with Crippen LogP contribution in [0.25, 0.3) is 0 Å². The zero-order chi connectivity index (χ0) is 13.7. The minimum Gasteiger partial charge on any atom is -0.350 e. The van der Waals surface area contributed by atoms with Crippen LogP contribution in [-0.2, 0) is 24.2 Å². The summed E-state index contributed by atoms with van der Waals surface area (Å²) in [4.78, 5) is 17.1. The molecule has 2 rings (SSSR count). The van der Waals surface area contributed by atoms with E-state index >= 15 is 0 Å². The van der Waals surface area contributed by atoms with Crippen molar-refractivity contribution in [3.8, 4) is 0 Å². The average molecular weight is 296 g/mol. The number of nitrogens with one attached hydrogen (secondary N) is 1. The third-order valence-corrected chi connectivity index (χ3v) is 4.73. The number of thiazole rings is 1. The normalized spacial score (nSPS) is 10.6. The largest absolute Gasteiger partial charge is 0.350 e. The van der Waals surface area contributed by atoms with Gasteiger partial charge in [-0.3, -0.25) is 4.79 Å². The van der Waals surface area contributed by atoms with E-state index in [0.717, 1.165) is 28.6 Å². The van der Waals surface area contributed by atoms with Crippen LogP contribution in [0.2, 0.25) is 0 Å². The molecule has 0 saturated heterocycles. The van der Waals surface area contributed by atoms with E-state index in [2.05, 4.69) is 20.5 Å². The van der Waals surface area contributed by atoms with E-state index in [9.17, 15) is 4.79 Å². The molecular weight excluding hydrogens is 280 g/mol. The van der Waals surface area contributed by atoms with Crippen LogP contribution >= 0.6 is 22.7 Å². The molecule has 19 heavy (non-hydrogen) atoms. The Kier molecular flexibility index (Phi) is 4.98. The molecule has 0 unspecified atom stereocenters. The van der Waals surface area contributed by atoms with Crippen LogP contribution in [0.3, 0.4) is 0 Å². The first-order valence-electron chi connectivity index (χ1n) is 6.16. The van der Waals surface area contributed by atoms with Gasteiger partial charge in [0.25, 0.3) is 0 Å². The molecule has 1 amide bonds. The molecule has 0 radical (unpaired) electrons. The number of rotatable bonds is 6. The van der Waals surface area contributed by atoms with Gasteiger partial charge in [-0.15, -0.1) is 21.5 Å². The number of carbonyl (C=O) groups is 1. The van der Waals surface area contributed by atoms with Gasteiger partial charge in [-0.1, -0.05) is 18.3 Å². The van der Waals surface area contributed by atoms with Gasteiger partial charge in [0.15, 0.2) is 0 Å². The van der Waals surface area contributed by atoms with Crippen LogP contribution in [0, 0.1) is 6.92 Å².